The summed E-state index contributed by atoms with van der Waals surface area (Å²) in [6, 6.07) is 0. The van der Waals surface area contributed by atoms with Crippen molar-refractivity contribution in [1.82, 2.24) is 14.9 Å². The van der Waals surface area contributed by atoms with Gasteiger partial charge in [-0.2, -0.15) is 0 Å². The van der Waals surface area contributed by atoms with Crippen molar-refractivity contribution >= 4 is 11.7 Å². The molecule has 0 aliphatic rings. The minimum absolute atomic E-state index is 0.0272. The molecule has 0 atom stereocenters. The van der Waals surface area contributed by atoms with Gasteiger partial charge in [-0.25, -0.2) is 4.98 Å². The second kappa shape index (κ2) is 6.03. The first-order chi connectivity index (χ1) is 8.10. The zero-order valence-electron chi connectivity index (χ0n) is 10.4. The van der Waals surface area contributed by atoms with E-state index in [2.05, 4.69) is 15.6 Å². The Balaban J connectivity index is 3.01. The Labute approximate surface area is 100 Å². The van der Waals surface area contributed by atoms with Gasteiger partial charge in [0.25, 0.3) is 5.56 Å². The van der Waals surface area contributed by atoms with Gasteiger partial charge in [-0.05, 0) is 20.8 Å². The van der Waals surface area contributed by atoms with Crippen molar-refractivity contribution in [3.05, 3.63) is 22.2 Å². The van der Waals surface area contributed by atoms with Crippen molar-refractivity contribution in [2.24, 2.45) is 0 Å². The zero-order chi connectivity index (χ0) is 12.8. The fourth-order valence-electron chi connectivity index (χ4n) is 1.45. The lowest BCUT2D eigenvalue weighted by Crippen LogP contribution is -2.34. The summed E-state index contributed by atoms with van der Waals surface area (Å²) in [5.41, 5.74) is 0.404. The molecule has 1 amide bonds. The van der Waals surface area contributed by atoms with E-state index in [9.17, 15) is 9.59 Å². The van der Waals surface area contributed by atoms with Crippen molar-refractivity contribution in [3.8, 4) is 0 Å². The first-order valence-electron chi connectivity index (χ1n) is 5.67. The Morgan fingerprint density at radius 2 is 2.12 bits per heavy atom. The van der Waals surface area contributed by atoms with Gasteiger partial charge in [0.2, 0.25) is 5.91 Å². The number of amides is 1. The fourth-order valence-corrected chi connectivity index (χ4v) is 1.45. The molecule has 1 aromatic heterocycles. The molecule has 0 bridgehead atoms. The molecule has 2 N–H and O–H groups in total. The maximum Gasteiger partial charge on any atom is 0.293 e. The quantitative estimate of drug-likeness (QED) is 0.764. The Kier molecular flexibility index (Phi) is 4.68. The third-order valence-electron chi connectivity index (χ3n) is 2.27. The number of aromatic nitrogens is 2. The number of anilines is 1. The van der Waals surface area contributed by atoms with E-state index in [1.807, 2.05) is 13.8 Å². The number of likely N-dealkylation sites (N-methyl/N-ethyl adjacent to an activating group) is 1. The first kappa shape index (κ1) is 13.2. The number of nitrogens with one attached hydrogen (secondary N) is 2. The van der Waals surface area contributed by atoms with Crippen LogP contribution in [-0.4, -0.2) is 28.5 Å². The number of aryl methyl sites for hydroxylation is 1. The van der Waals surface area contributed by atoms with Crippen molar-refractivity contribution in [2.75, 3.05) is 18.4 Å². The molecular weight excluding hydrogens is 220 g/mol. The van der Waals surface area contributed by atoms with E-state index in [4.69, 9.17) is 0 Å². The summed E-state index contributed by atoms with van der Waals surface area (Å²) in [5.74, 6) is 0.105. The highest BCUT2D eigenvalue weighted by molar-refractivity contribution is 5.75. The van der Waals surface area contributed by atoms with Gasteiger partial charge >= 0.3 is 0 Å². The molecule has 94 valence electrons. The lowest BCUT2D eigenvalue weighted by atomic mass is 10.4. The molecule has 0 fully saturated rings. The van der Waals surface area contributed by atoms with Gasteiger partial charge < -0.3 is 10.6 Å². The van der Waals surface area contributed by atoms with Gasteiger partial charge in [0, 0.05) is 25.0 Å². The molecule has 1 heterocycles. The predicted octanol–water partition coefficient (Wildman–Crippen LogP) is 0.120. The smallest absolute Gasteiger partial charge is 0.293 e. The average Bonchev–Trinajstić information content (AvgIpc) is 2.29. The van der Waals surface area contributed by atoms with Crippen LogP contribution in [0.15, 0.2) is 11.0 Å². The van der Waals surface area contributed by atoms with E-state index in [0.717, 1.165) is 0 Å². The summed E-state index contributed by atoms with van der Waals surface area (Å²) < 4.78 is 1.41. The second-order valence-electron chi connectivity index (χ2n) is 3.62. The van der Waals surface area contributed by atoms with Crippen LogP contribution >= 0.6 is 0 Å². The van der Waals surface area contributed by atoms with E-state index in [-0.39, 0.29) is 23.8 Å². The normalized spacial score (nSPS) is 10.1. The number of hydrogen-bond acceptors (Lipinski definition) is 4. The van der Waals surface area contributed by atoms with E-state index in [1.165, 1.54) is 4.57 Å². The molecule has 0 aromatic carbocycles. The minimum atomic E-state index is -0.266. The van der Waals surface area contributed by atoms with Crippen LogP contribution in [0.25, 0.3) is 0 Å². The fraction of sp³-hybridized carbons (Fsp3) is 0.545. The second-order valence-corrected chi connectivity index (χ2v) is 3.62. The molecule has 0 saturated heterocycles. The molecule has 0 aliphatic carbocycles. The SMILES string of the molecule is CCNC(=O)Cn1c(C)cnc(NCC)c1=O. The number of carbonyl (C=O) groups excluding carboxylic acids is 1. The number of rotatable bonds is 5. The monoisotopic (exact) mass is 238 g/mol. The van der Waals surface area contributed by atoms with Gasteiger partial charge in [-0.1, -0.05) is 0 Å². The predicted molar refractivity (Wildman–Crippen MR) is 66.1 cm³/mol. The lowest BCUT2D eigenvalue weighted by Gasteiger charge is -2.11. The van der Waals surface area contributed by atoms with Gasteiger partial charge in [0.15, 0.2) is 5.82 Å². The van der Waals surface area contributed by atoms with Crippen LogP contribution in [0, 0.1) is 6.92 Å². The van der Waals surface area contributed by atoms with Crippen LogP contribution in [-0.2, 0) is 11.3 Å². The van der Waals surface area contributed by atoms with Gasteiger partial charge in [-0.3, -0.25) is 14.2 Å². The van der Waals surface area contributed by atoms with E-state index in [0.29, 0.717) is 18.8 Å². The molecule has 17 heavy (non-hydrogen) atoms. The Hall–Kier alpha value is -1.85. The maximum atomic E-state index is 12.0. The lowest BCUT2D eigenvalue weighted by molar-refractivity contribution is -0.121. The van der Waals surface area contributed by atoms with Crippen LogP contribution in [0.4, 0.5) is 5.82 Å². The molecule has 1 rings (SSSR count). The number of nitrogens with zero attached hydrogens (tertiary/aromatic N) is 2. The highest BCUT2D eigenvalue weighted by Gasteiger charge is 2.10. The third-order valence-corrected chi connectivity index (χ3v) is 2.27. The molecule has 6 nitrogen and oxygen atoms in total. The van der Waals surface area contributed by atoms with Crippen molar-refractivity contribution < 1.29 is 4.79 Å². The van der Waals surface area contributed by atoms with E-state index in [1.54, 1.807) is 13.1 Å². The third kappa shape index (κ3) is 3.30. The van der Waals surface area contributed by atoms with E-state index >= 15 is 0 Å². The van der Waals surface area contributed by atoms with Crippen LogP contribution in [0.2, 0.25) is 0 Å². The average molecular weight is 238 g/mol. The van der Waals surface area contributed by atoms with Crippen LogP contribution in [0.3, 0.4) is 0 Å². The molecule has 0 radical (unpaired) electrons. The molecule has 1 aromatic rings. The van der Waals surface area contributed by atoms with Crippen LogP contribution in [0.1, 0.15) is 19.5 Å². The highest BCUT2D eigenvalue weighted by atomic mass is 16.2. The van der Waals surface area contributed by atoms with Crippen molar-refractivity contribution in [3.63, 3.8) is 0 Å². The van der Waals surface area contributed by atoms with Crippen molar-refractivity contribution in [1.29, 1.82) is 0 Å². The van der Waals surface area contributed by atoms with Crippen LogP contribution < -0.4 is 16.2 Å². The number of hydrogen-bond donors (Lipinski definition) is 2. The summed E-state index contributed by atoms with van der Waals surface area (Å²) in [5, 5.41) is 5.53. The summed E-state index contributed by atoms with van der Waals surface area (Å²) in [6.45, 7) is 6.67. The summed E-state index contributed by atoms with van der Waals surface area (Å²) in [4.78, 5) is 27.5. The standard InChI is InChI=1S/C11H18N4O2/c1-4-12-9(16)7-15-8(3)6-14-10(11(15)17)13-5-2/h6H,4-5,7H2,1-3H3,(H,12,16)(H,13,14). The highest BCUT2D eigenvalue weighted by Crippen LogP contribution is 1.98. The Morgan fingerprint density at radius 1 is 1.41 bits per heavy atom. The molecular formula is C11H18N4O2. The van der Waals surface area contributed by atoms with Crippen molar-refractivity contribution in [2.45, 2.75) is 27.3 Å². The topological polar surface area (TPSA) is 76.0 Å². The summed E-state index contributed by atoms with van der Waals surface area (Å²) in [6.07, 6.45) is 1.58. The zero-order valence-corrected chi connectivity index (χ0v) is 10.4. The summed E-state index contributed by atoms with van der Waals surface area (Å²) >= 11 is 0. The van der Waals surface area contributed by atoms with Crippen LogP contribution in [0.5, 0.6) is 0 Å². The molecule has 0 spiro atoms. The van der Waals surface area contributed by atoms with Gasteiger partial charge in [0.1, 0.15) is 6.54 Å². The molecule has 0 unspecified atom stereocenters. The Bertz CT molecular complexity index is 453. The van der Waals surface area contributed by atoms with Gasteiger partial charge in [-0.15, -0.1) is 0 Å². The summed E-state index contributed by atoms with van der Waals surface area (Å²) in [7, 11) is 0. The minimum Gasteiger partial charge on any atom is -0.366 e. The molecule has 6 heteroatoms. The number of carbonyl (C=O) groups is 1. The Morgan fingerprint density at radius 3 is 2.71 bits per heavy atom. The maximum absolute atomic E-state index is 12.0. The van der Waals surface area contributed by atoms with Gasteiger partial charge in [0.05, 0.1) is 0 Å². The largest absolute Gasteiger partial charge is 0.366 e. The first-order valence-corrected chi connectivity index (χ1v) is 5.67. The molecule has 0 aliphatic heterocycles. The molecule has 0 saturated carbocycles. The van der Waals surface area contributed by atoms with E-state index < -0.39 is 0 Å².